The van der Waals surface area contributed by atoms with Crippen LogP contribution >= 0.6 is 23.2 Å². The molecule has 162 valence electrons. The minimum absolute atomic E-state index is 0.0955. The maximum absolute atomic E-state index is 14.0. The molecule has 0 saturated carbocycles. The Labute approximate surface area is 192 Å². The number of benzene rings is 3. The second-order valence-corrected chi connectivity index (χ2v) is 7.84. The van der Waals surface area contributed by atoms with Crippen LogP contribution in [0.2, 0.25) is 10.0 Å². The Hall–Kier alpha value is -3.35. The SMILES string of the molecule is COc1c(Cl)cc(C(=O)Nc2c(C(=O)c3ccc(C)c(F)c3)oc3ccccc23)cc1Cl. The second-order valence-electron chi connectivity index (χ2n) is 7.02. The summed E-state index contributed by atoms with van der Waals surface area (Å²) in [5.41, 5.74) is 1.22. The van der Waals surface area contributed by atoms with Crippen LogP contribution in [0.15, 0.2) is 59.0 Å². The van der Waals surface area contributed by atoms with Crippen molar-refractivity contribution in [3.63, 3.8) is 0 Å². The van der Waals surface area contributed by atoms with Gasteiger partial charge in [-0.3, -0.25) is 9.59 Å². The molecule has 3 aromatic carbocycles. The van der Waals surface area contributed by atoms with Gasteiger partial charge >= 0.3 is 0 Å². The van der Waals surface area contributed by atoms with Crippen molar-refractivity contribution in [2.45, 2.75) is 6.92 Å². The van der Waals surface area contributed by atoms with Gasteiger partial charge in [0.1, 0.15) is 11.4 Å². The number of nitrogens with one attached hydrogen (secondary N) is 1. The molecule has 1 aromatic heterocycles. The quantitative estimate of drug-likeness (QED) is 0.329. The summed E-state index contributed by atoms with van der Waals surface area (Å²) in [7, 11) is 1.41. The fourth-order valence-corrected chi connectivity index (χ4v) is 3.91. The number of anilines is 1. The van der Waals surface area contributed by atoms with E-state index in [1.807, 2.05) is 0 Å². The van der Waals surface area contributed by atoms with Gasteiger partial charge in [0.05, 0.1) is 22.8 Å². The Balaban J connectivity index is 1.78. The summed E-state index contributed by atoms with van der Waals surface area (Å²) in [6.45, 7) is 1.60. The Morgan fingerprint density at radius 2 is 1.69 bits per heavy atom. The molecular weight excluding hydrogens is 456 g/mol. The molecule has 0 radical (unpaired) electrons. The molecule has 4 aromatic rings. The molecule has 0 atom stereocenters. The number of ketones is 1. The van der Waals surface area contributed by atoms with Crippen LogP contribution < -0.4 is 10.1 Å². The highest BCUT2D eigenvalue weighted by Gasteiger charge is 2.25. The van der Waals surface area contributed by atoms with Crippen LogP contribution in [0.3, 0.4) is 0 Å². The summed E-state index contributed by atoms with van der Waals surface area (Å²) in [6, 6.07) is 13.8. The smallest absolute Gasteiger partial charge is 0.255 e. The van der Waals surface area contributed by atoms with Crippen molar-refractivity contribution in [2.24, 2.45) is 0 Å². The number of ether oxygens (including phenoxy) is 1. The van der Waals surface area contributed by atoms with Crippen LogP contribution in [-0.2, 0) is 0 Å². The zero-order chi connectivity index (χ0) is 23.0. The maximum Gasteiger partial charge on any atom is 0.255 e. The molecule has 1 N–H and O–H groups in total. The van der Waals surface area contributed by atoms with Gasteiger partial charge in [-0.05, 0) is 42.8 Å². The Morgan fingerprint density at radius 3 is 2.34 bits per heavy atom. The minimum Gasteiger partial charge on any atom is -0.494 e. The van der Waals surface area contributed by atoms with Gasteiger partial charge in [-0.1, -0.05) is 47.5 Å². The maximum atomic E-state index is 14.0. The summed E-state index contributed by atoms with van der Waals surface area (Å²) in [6.07, 6.45) is 0. The van der Waals surface area contributed by atoms with Crippen LogP contribution in [0.5, 0.6) is 5.75 Å². The molecule has 5 nitrogen and oxygen atoms in total. The number of carbonyl (C=O) groups excluding carboxylic acids is 2. The van der Waals surface area contributed by atoms with Crippen molar-refractivity contribution in [3.05, 3.63) is 92.9 Å². The number of methoxy groups -OCH3 is 1. The number of aryl methyl sites for hydroxylation is 1. The molecule has 0 unspecified atom stereocenters. The van der Waals surface area contributed by atoms with Crippen molar-refractivity contribution in [3.8, 4) is 5.75 Å². The first-order chi connectivity index (χ1) is 15.3. The number of carbonyl (C=O) groups is 2. The number of para-hydroxylation sites is 1. The molecule has 0 fully saturated rings. The lowest BCUT2D eigenvalue weighted by molar-refractivity contribution is 0.101. The van der Waals surface area contributed by atoms with Crippen LogP contribution in [0, 0.1) is 12.7 Å². The first-order valence-electron chi connectivity index (χ1n) is 9.47. The van der Waals surface area contributed by atoms with Gasteiger partial charge in [0, 0.05) is 16.5 Å². The number of amides is 1. The minimum atomic E-state index is -0.568. The standard InChI is InChI=1S/C24H16Cl2FNO4/c1-12-7-8-13(11-18(12)27)21(29)23-20(15-5-3-4-6-19(15)32-23)28-24(30)14-9-16(25)22(31-2)17(26)10-14/h3-11H,1-2H3,(H,28,30). The average Bonchev–Trinajstić information content (AvgIpc) is 3.13. The average molecular weight is 472 g/mol. The lowest BCUT2D eigenvalue weighted by Gasteiger charge is -2.10. The molecule has 0 spiro atoms. The number of halogens is 3. The molecule has 0 bridgehead atoms. The van der Waals surface area contributed by atoms with Gasteiger partial charge in [0.2, 0.25) is 5.78 Å². The Morgan fingerprint density at radius 1 is 1.00 bits per heavy atom. The van der Waals surface area contributed by atoms with Crippen LogP contribution in [0.4, 0.5) is 10.1 Å². The number of rotatable bonds is 5. The highest BCUT2D eigenvalue weighted by atomic mass is 35.5. The fraction of sp³-hybridized carbons (Fsp3) is 0.0833. The van der Waals surface area contributed by atoms with Crippen LogP contribution in [-0.4, -0.2) is 18.8 Å². The van der Waals surface area contributed by atoms with Gasteiger partial charge in [0.25, 0.3) is 5.91 Å². The van der Waals surface area contributed by atoms with E-state index in [-0.39, 0.29) is 38.4 Å². The van der Waals surface area contributed by atoms with Crippen molar-refractivity contribution in [2.75, 3.05) is 12.4 Å². The van der Waals surface area contributed by atoms with E-state index in [2.05, 4.69) is 5.32 Å². The van der Waals surface area contributed by atoms with E-state index in [1.54, 1.807) is 31.2 Å². The zero-order valence-electron chi connectivity index (χ0n) is 17.0. The summed E-state index contributed by atoms with van der Waals surface area (Å²) in [5.74, 6) is -1.52. The van der Waals surface area contributed by atoms with E-state index in [1.165, 1.54) is 31.4 Å². The second kappa shape index (κ2) is 8.65. The number of fused-ring (bicyclic) bond motifs is 1. The lowest BCUT2D eigenvalue weighted by atomic mass is 10.0. The molecule has 0 aliphatic carbocycles. The van der Waals surface area contributed by atoms with E-state index in [0.717, 1.165) is 6.07 Å². The van der Waals surface area contributed by atoms with Gasteiger partial charge < -0.3 is 14.5 Å². The summed E-state index contributed by atoms with van der Waals surface area (Å²) in [4.78, 5) is 26.1. The number of furan rings is 1. The number of hydrogen-bond acceptors (Lipinski definition) is 4. The topological polar surface area (TPSA) is 68.5 Å². The molecule has 0 aliphatic heterocycles. The molecule has 8 heteroatoms. The predicted molar refractivity (Wildman–Crippen MR) is 122 cm³/mol. The first-order valence-corrected chi connectivity index (χ1v) is 10.2. The predicted octanol–water partition coefficient (Wildman–Crippen LogP) is 6.68. The van der Waals surface area contributed by atoms with Gasteiger partial charge in [-0.25, -0.2) is 4.39 Å². The van der Waals surface area contributed by atoms with Crippen LogP contribution in [0.25, 0.3) is 11.0 Å². The molecule has 1 amide bonds. The summed E-state index contributed by atoms with van der Waals surface area (Å²) in [5, 5.41) is 3.55. The van der Waals surface area contributed by atoms with Gasteiger partial charge in [-0.2, -0.15) is 0 Å². The third-order valence-electron chi connectivity index (χ3n) is 4.94. The monoisotopic (exact) mass is 471 g/mol. The highest BCUT2D eigenvalue weighted by Crippen LogP contribution is 2.36. The van der Waals surface area contributed by atoms with Gasteiger partial charge in [0.15, 0.2) is 11.5 Å². The molecule has 1 heterocycles. The third kappa shape index (κ3) is 3.95. The molecule has 32 heavy (non-hydrogen) atoms. The molecule has 0 saturated heterocycles. The van der Waals surface area contributed by atoms with E-state index in [9.17, 15) is 14.0 Å². The lowest BCUT2D eigenvalue weighted by Crippen LogP contribution is -2.14. The van der Waals surface area contributed by atoms with E-state index < -0.39 is 17.5 Å². The molecular formula is C24H16Cl2FNO4. The fourth-order valence-electron chi connectivity index (χ4n) is 3.27. The van der Waals surface area contributed by atoms with Crippen molar-refractivity contribution in [1.82, 2.24) is 0 Å². The zero-order valence-corrected chi connectivity index (χ0v) is 18.5. The van der Waals surface area contributed by atoms with Crippen LogP contribution in [0.1, 0.15) is 32.0 Å². The Kier molecular flexibility index (Phi) is 5.91. The van der Waals surface area contributed by atoms with Gasteiger partial charge in [-0.15, -0.1) is 0 Å². The highest BCUT2D eigenvalue weighted by molar-refractivity contribution is 6.38. The molecule has 0 aliphatic rings. The molecule has 4 rings (SSSR count). The Bertz CT molecular complexity index is 1360. The largest absolute Gasteiger partial charge is 0.494 e. The van der Waals surface area contributed by atoms with Crippen molar-refractivity contribution >= 4 is 51.5 Å². The van der Waals surface area contributed by atoms with Crippen molar-refractivity contribution in [1.29, 1.82) is 0 Å². The third-order valence-corrected chi connectivity index (χ3v) is 5.50. The van der Waals surface area contributed by atoms with E-state index >= 15 is 0 Å². The summed E-state index contributed by atoms with van der Waals surface area (Å²) < 4.78 is 24.9. The van der Waals surface area contributed by atoms with E-state index in [4.69, 9.17) is 32.4 Å². The van der Waals surface area contributed by atoms with Crippen molar-refractivity contribution < 1.29 is 23.1 Å². The number of hydrogen-bond donors (Lipinski definition) is 1. The normalized spacial score (nSPS) is 10.9. The summed E-state index contributed by atoms with van der Waals surface area (Å²) >= 11 is 12.3. The van der Waals surface area contributed by atoms with E-state index in [0.29, 0.717) is 16.5 Å². The first kappa shape index (κ1) is 21.9.